The van der Waals surface area contributed by atoms with Gasteiger partial charge in [0.15, 0.2) is 17.2 Å². The van der Waals surface area contributed by atoms with Crippen LogP contribution < -0.4 is 0 Å². The summed E-state index contributed by atoms with van der Waals surface area (Å²) in [6.45, 7) is 0. The van der Waals surface area contributed by atoms with Gasteiger partial charge in [-0.2, -0.15) is 10.5 Å². The lowest BCUT2D eigenvalue weighted by Crippen LogP contribution is -2.00. The Morgan fingerprint density at radius 1 is 1.18 bits per heavy atom. The molecule has 0 aliphatic carbocycles. The van der Waals surface area contributed by atoms with Gasteiger partial charge in [0.05, 0.1) is 4.47 Å². The zero-order chi connectivity index (χ0) is 12.4. The Morgan fingerprint density at radius 3 is 2.53 bits per heavy atom. The number of nitrogens with zero attached hydrogens (tertiary/aromatic N) is 5. The summed E-state index contributed by atoms with van der Waals surface area (Å²) in [6, 6.07) is 5.60. The molecule has 0 unspecified atom stereocenters. The summed E-state index contributed by atoms with van der Waals surface area (Å²) in [7, 11) is 0. The van der Waals surface area contributed by atoms with Crippen molar-refractivity contribution in [2.24, 2.45) is 0 Å². The lowest BCUT2D eigenvalue weighted by Gasteiger charge is -2.05. The standard InChI is InChI=1S/C10H3Br2N5/c11-6-1-7(12)10(15-4-6)17-5-16-8(2-13)9(17)3-14/h1,4-5H. The normalized spacial score (nSPS) is 9.65. The van der Waals surface area contributed by atoms with Crippen LogP contribution >= 0.6 is 31.9 Å². The van der Waals surface area contributed by atoms with Crippen molar-refractivity contribution in [1.29, 1.82) is 10.5 Å². The summed E-state index contributed by atoms with van der Waals surface area (Å²) in [5.74, 6) is 0.513. The summed E-state index contributed by atoms with van der Waals surface area (Å²) in [5, 5.41) is 17.8. The van der Waals surface area contributed by atoms with Crippen LogP contribution in [0.25, 0.3) is 5.82 Å². The Labute approximate surface area is 114 Å². The predicted molar refractivity (Wildman–Crippen MR) is 66.2 cm³/mol. The average molecular weight is 353 g/mol. The Hall–Kier alpha value is -1.70. The maximum atomic E-state index is 9.01. The first-order chi connectivity index (χ1) is 8.17. The van der Waals surface area contributed by atoms with Crippen LogP contribution in [0, 0.1) is 22.7 Å². The number of rotatable bonds is 1. The highest BCUT2D eigenvalue weighted by molar-refractivity contribution is 9.11. The van der Waals surface area contributed by atoms with Crippen molar-refractivity contribution < 1.29 is 0 Å². The smallest absolute Gasteiger partial charge is 0.177 e. The molecule has 0 fully saturated rings. The summed E-state index contributed by atoms with van der Waals surface area (Å²) in [4.78, 5) is 8.03. The van der Waals surface area contributed by atoms with Gasteiger partial charge in [0.2, 0.25) is 0 Å². The fraction of sp³-hybridized carbons (Fsp3) is 0. The minimum Gasteiger partial charge on any atom is -0.272 e. The quantitative estimate of drug-likeness (QED) is 0.790. The average Bonchev–Trinajstić information content (AvgIpc) is 2.71. The first kappa shape index (κ1) is 11.8. The van der Waals surface area contributed by atoms with Gasteiger partial charge in [0.1, 0.15) is 18.5 Å². The van der Waals surface area contributed by atoms with E-state index in [2.05, 4.69) is 41.8 Å². The molecule has 0 bridgehead atoms. The summed E-state index contributed by atoms with van der Waals surface area (Å²) < 4.78 is 2.98. The van der Waals surface area contributed by atoms with Gasteiger partial charge in [-0.15, -0.1) is 0 Å². The first-order valence-electron chi connectivity index (χ1n) is 4.36. The number of hydrogen-bond donors (Lipinski definition) is 0. The number of aromatic nitrogens is 3. The Kier molecular flexibility index (Phi) is 3.23. The third kappa shape index (κ3) is 2.07. The van der Waals surface area contributed by atoms with Crippen LogP contribution in [0.5, 0.6) is 0 Å². The molecular weight excluding hydrogens is 350 g/mol. The number of halogens is 2. The molecule has 82 valence electrons. The van der Waals surface area contributed by atoms with Gasteiger partial charge in [-0.25, -0.2) is 9.97 Å². The van der Waals surface area contributed by atoms with E-state index in [0.29, 0.717) is 10.3 Å². The lowest BCUT2D eigenvalue weighted by molar-refractivity contribution is 0.965. The fourth-order valence-corrected chi connectivity index (χ4v) is 2.46. The molecular formula is C10H3Br2N5. The van der Waals surface area contributed by atoms with E-state index in [0.717, 1.165) is 4.47 Å². The third-order valence-electron chi connectivity index (χ3n) is 2.00. The maximum absolute atomic E-state index is 9.01. The van der Waals surface area contributed by atoms with E-state index in [1.165, 1.54) is 10.9 Å². The molecule has 7 heteroatoms. The van der Waals surface area contributed by atoms with Crippen molar-refractivity contribution in [2.75, 3.05) is 0 Å². The molecule has 0 aliphatic rings. The summed E-state index contributed by atoms with van der Waals surface area (Å²) in [5.41, 5.74) is 0.257. The highest BCUT2D eigenvalue weighted by atomic mass is 79.9. The monoisotopic (exact) mass is 351 g/mol. The van der Waals surface area contributed by atoms with Crippen molar-refractivity contribution >= 4 is 31.9 Å². The highest BCUT2D eigenvalue weighted by Gasteiger charge is 2.14. The van der Waals surface area contributed by atoms with E-state index in [-0.39, 0.29) is 11.4 Å². The maximum Gasteiger partial charge on any atom is 0.177 e. The van der Waals surface area contributed by atoms with Gasteiger partial charge in [-0.3, -0.25) is 4.57 Å². The topological polar surface area (TPSA) is 78.3 Å². The second-order valence-corrected chi connectivity index (χ2v) is 4.76. The second-order valence-electron chi connectivity index (χ2n) is 2.99. The molecule has 0 atom stereocenters. The molecule has 0 N–H and O–H groups in total. The van der Waals surface area contributed by atoms with E-state index in [4.69, 9.17) is 10.5 Å². The largest absolute Gasteiger partial charge is 0.272 e. The van der Waals surface area contributed by atoms with Crippen LogP contribution in [0.15, 0.2) is 27.5 Å². The number of imidazole rings is 1. The van der Waals surface area contributed by atoms with E-state index in [1.807, 2.05) is 12.1 Å². The van der Waals surface area contributed by atoms with E-state index in [1.54, 1.807) is 12.3 Å². The molecule has 0 saturated heterocycles. The Bertz CT molecular complexity index is 662. The molecule has 2 heterocycles. The minimum atomic E-state index is 0.0871. The number of hydrogen-bond acceptors (Lipinski definition) is 4. The van der Waals surface area contributed by atoms with E-state index in [9.17, 15) is 0 Å². The lowest BCUT2D eigenvalue weighted by atomic mass is 10.3. The number of pyridine rings is 1. The summed E-state index contributed by atoms with van der Waals surface area (Å²) >= 11 is 6.63. The zero-order valence-electron chi connectivity index (χ0n) is 8.22. The van der Waals surface area contributed by atoms with Crippen molar-refractivity contribution in [3.05, 3.63) is 38.9 Å². The molecule has 0 radical (unpaired) electrons. The van der Waals surface area contributed by atoms with Crippen molar-refractivity contribution in [2.45, 2.75) is 0 Å². The van der Waals surface area contributed by atoms with Gasteiger partial charge in [0, 0.05) is 10.7 Å². The van der Waals surface area contributed by atoms with Crippen LogP contribution in [-0.2, 0) is 0 Å². The van der Waals surface area contributed by atoms with Crippen LogP contribution in [0.4, 0.5) is 0 Å². The molecule has 0 spiro atoms. The van der Waals surface area contributed by atoms with E-state index >= 15 is 0 Å². The van der Waals surface area contributed by atoms with Crippen molar-refractivity contribution in [1.82, 2.24) is 14.5 Å². The first-order valence-corrected chi connectivity index (χ1v) is 5.95. The van der Waals surface area contributed by atoms with Crippen molar-refractivity contribution in [3.8, 4) is 18.0 Å². The number of nitriles is 2. The van der Waals surface area contributed by atoms with Crippen LogP contribution in [0.1, 0.15) is 11.4 Å². The predicted octanol–water partition coefficient (Wildman–Crippen LogP) is 2.54. The fourth-order valence-electron chi connectivity index (χ4n) is 1.28. The zero-order valence-corrected chi connectivity index (χ0v) is 11.4. The highest BCUT2D eigenvalue weighted by Crippen LogP contribution is 2.24. The third-order valence-corrected chi connectivity index (χ3v) is 3.01. The van der Waals surface area contributed by atoms with Gasteiger partial charge in [-0.1, -0.05) is 0 Å². The molecule has 0 amide bonds. The Morgan fingerprint density at radius 2 is 1.94 bits per heavy atom. The summed E-state index contributed by atoms with van der Waals surface area (Å²) in [6.07, 6.45) is 3.01. The molecule has 2 aromatic rings. The van der Waals surface area contributed by atoms with Gasteiger partial charge < -0.3 is 0 Å². The van der Waals surface area contributed by atoms with Crippen LogP contribution in [0.2, 0.25) is 0 Å². The second kappa shape index (κ2) is 4.66. The SMILES string of the molecule is N#Cc1ncn(-c2ncc(Br)cc2Br)c1C#N. The molecule has 17 heavy (non-hydrogen) atoms. The van der Waals surface area contributed by atoms with E-state index < -0.39 is 0 Å². The molecule has 0 aliphatic heterocycles. The minimum absolute atomic E-state index is 0.0871. The van der Waals surface area contributed by atoms with Crippen LogP contribution in [-0.4, -0.2) is 14.5 Å². The van der Waals surface area contributed by atoms with Crippen LogP contribution in [0.3, 0.4) is 0 Å². The van der Waals surface area contributed by atoms with Gasteiger partial charge in [-0.05, 0) is 37.9 Å². The molecule has 2 aromatic heterocycles. The van der Waals surface area contributed by atoms with Gasteiger partial charge >= 0.3 is 0 Å². The molecule has 0 aromatic carbocycles. The molecule has 5 nitrogen and oxygen atoms in total. The van der Waals surface area contributed by atoms with Crippen molar-refractivity contribution in [3.63, 3.8) is 0 Å². The Balaban J connectivity index is 2.66. The molecule has 2 rings (SSSR count). The van der Waals surface area contributed by atoms with Gasteiger partial charge in [0.25, 0.3) is 0 Å². The molecule has 0 saturated carbocycles.